The van der Waals surface area contributed by atoms with E-state index in [0.29, 0.717) is 6.42 Å². The van der Waals surface area contributed by atoms with E-state index < -0.39 is 6.08 Å². The molecule has 0 unspecified atom stereocenters. The van der Waals surface area contributed by atoms with E-state index >= 15 is 0 Å². The van der Waals surface area contributed by atoms with Gasteiger partial charge in [-0.2, -0.15) is 20.5 Å². The van der Waals surface area contributed by atoms with Gasteiger partial charge < -0.3 is 0 Å². The summed E-state index contributed by atoms with van der Waals surface area (Å²) in [6, 6.07) is 0. The molecule has 0 aliphatic rings. The van der Waals surface area contributed by atoms with E-state index in [-0.39, 0.29) is 0 Å². The summed E-state index contributed by atoms with van der Waals surface area (Å²) in [5.41, 5.74) is 0. The zero-order valence-electron chi connectivity index (χ0n) is 6.65. The van der Waals surface area contributed by atoms with Gasteiger partial charge in [-0.3, -0.25) is 0 Å². The van der Waals surface area contributed by atoms with Crippen molar-refractivity contribution in [1.29, 1.82) is 0 Å². The summed E-state index contributed by atoms with van der Waals surface area (Å²) in [6.07, 6.45) is 1.78. The van der Waals surface area contributed by atoms with Gasteiger partial charge >= 0.3 is 0 Å². The van der Waals surface area contributed by atoms with Crippen molar-refractivity contribution < 1.29 is 8.78 Å². The predicted octanol–water partition coefficient (Wildman–Crippen LogP) is 3.85. The number of allylic oxidation sites excluding steroid dienone is 1. The molecule has 0 amide bonds. The van der Waals surface area contributed by atoms with Crippen LogP contribution in [0.3, 0.4) is 0 Å². The third-order valence-electron chi connectivity index (χ3n) is 1.05. The third kappa shape index (κ3) is 9.95. The first-order chi connectivity index (χ1) is 5.27. The maximum Gasteiger partial charge on any atom is 0.266 e. The molecule has 3 heteroatoms. The van der Waals surface area contributed by atoms with E-state index in [1.807, 2.05) is 0 Å². The second kappa shape index (κ2) is 8.05. The summed E-state index contributed by atoms with van der Waals surface area (Å²) in [6.45, 7) is 2.06. The number of halogens is 2. The van der Waals surface area contributed by atoms with Gasteiger partial charge in [0, 0.05) is 5.75 Å². The van der Waals surface area contributed by atoms with Gasteiger partial charge in [-0.25, -0.2) is 0 Å². The van der Waals surface area contributed by atoms with Crippen LogP contribution in [0.2, 0.25) is 0 Å². The van der Waals surface area contributed by atoms with E-state index in [1.165, 1.54) is 0 Å². The smallest absolute Gasteiger partial charge is 0.174 e. The Morgan fingerprint density at radius 2 is 2.18 bits per heavy atom. The first kappa shape index (κ1) is 11.0. The highest BCUT2D eigenvalue weighted by Crippen LogP contribution is 2.11. The SMILES string of the molecule is CC[CH]SCCCC=C(F)F. The molecule has 0 bridgehead atoms. The maximum atomic E-state index is 11.5. The van der Waals surface area contributed by atoms with Gasteiger partial charge in [-0.1, -0.05) is 6.92 Å². The van der Waals surface area contributed by atoms with Crippen LogP contribution >= 0.6 is 11.8 Å². The fraction of sp³-hybridized carbons (Fsp3) is 0.625. The number of unbranched alkanes of at least 4 members (excludes halogenated alkanes) is 1. The van der Waals surface area contributed by atoms with E-state index in [0.717, 1.165) is 24.7 Å². The van der Waals surface area contributed by atoms with Crippen LogP contribution in [-0.2, 0) is 0 Å². The first-order valence-corrected chi connectivity index (χ1v) is 4.76. The van der Waals surface area contributed by atoms with Gasteiger partial charge in [-0.05, 0) is 31.1 Å². The van der Waals surface area contributed by atoms with E-state index in [2.05, 4.69) is 12.7 Å². The van der Waals surface area contributed by atoms with Crippen LogP contribution in [0.1, 0.15) is 26.2 Å². The standard InChI is InChI=1S/C8H13F2S/c1-2-6-11-7-4-3-5-8(9)10/h5-6H,2-4,7H2,1H3. The lowest BCUT2D eigenvalue weighted by molar-refractivity contribution is 0.417. The number of hydrogen-bond acceptors (Lipinski definition) is 1. The van der Waals surface area contributed by atoms with Crippen molar-refractivity contribution in [2.75, 3.05) is 5.75 Å². The summed E-state index contributed by atoms with van der Waals surface area (Å²) in [5, 5.41) is 0. The van der Waals surface area contributed by atoms with Crippen molar-refractivity contribution in [2.24, 2.45) is 0 Å². The summed E-state index contributed by atoms with van der Waals surface area (Å²) in [5.74, 6) is 3.03. The molecule has 0 aliphatic heterocycles. The minimum absolute atomic E-state index is 0.493. The van der Waals surface area contributed by atoms with Crippen molar-refractivity contribution in [1.82, 2.24) is 0 Å². The fourth-order valence-electron chi connectivity index (χ4n) is 0.579. The highest BCUT2D eigenvalue weighted by atomic mass is 32.2. The Morgan fingerprint density at radius 1 is 1.45 bits per heavy atom. The maximum absolute atomic E-state index is 11.5. The topological polar surface area (TPSA) is 0 Å². The van der Waals surface area contributed by atoms with E-state index in [9.17, 15) is 8.78 Å². The number of hydrogen-bond donors (Lipinski definition) is 0. The molecule has 0 atom stereocenters. The Balaban J connectivity index is 2.97. The molecule has 0 aliphatic carbocycles. The molecule has 0 N–H and O–H groups in total. The molecule has 11 heavy (non-hydrogen) atoms. The van der Waals surface area contributed by atoms with Gasteiger partial charge in [-0.15, -0.1) is 0 Å². The van der Waals surface area contributed by atoms with Crippen LogP contribution in [0, 0.1) is 5.75 Å². The van der Waals surface area contributed by atoms with Crippen LogP contribution in [0.5, 0.6) is 0 Å². The second-order valence-electron chi connectivity index (χ2n) is 2.08. The van der Waals surface area contributed by atoms with Crippen molar-refractivity contribution in [3.63, 3.8) is 0 Å². The highest BCUT2D eigenvalue weighted by molar-refractivity contribution is 8.01. The Labute approximate surface area is 71.1 Å². The Hall–Kier alpha value is -0.0500. The van der Waals surface area contributed by atoms with Gasteiger partial charge in [0.2, 0.25) is 0 Å². The molecular formula is C8H13F2S. The highest BCUT2D eigenvalue weighted by Gasteiger charge is 1.89. The van der Waals surface area contributed by atoms with E-state index in [4.69, 9.17) is 0 Å². The van der Waals surface area contributed by atoms with Crippen LogP contribution in [0.4, 0.5) is 8.78 Å². The zero-order valence-corrected chi connectivity index (χ0v) is 7.46. The van der Waals surface area contributed by atoms with Crippen molar-refractivity contribution in [3.05, 3.63) is 17.9 Å². The monoisotopic (exact) mass is 179 g/mol. The molecule has 0 aromatic rings. The molecule has 0 aromatic heterocycles. The lowest BCUT2D eigenvalue weighted by Crippen LogP contribution is -1.77. The molecule has 1 radical (unpaired) electrons. The predicted molar refractivity (Wildman–Crippen MR) is 46.6 cm³/mol. The van der Waals surface area contributed by atoms with Crippen molar-refractivity contribution >= 4 is 11.8 Å². The lowest BCUT2D eigenvalue weighted by Gasteiger charge is -1.94. The fourth-order valence-corrected chi connectivity index (χ4v) is 1.31. The molecule has 0 saturated carbocycles. The summed E-state index contributed by atoms with van der Waals surface area (Å²) < 4.78 is 22.9. The number of thioether (sulfide) groups is 1. The lowest BCUT2D eigenvalue weighted by atomic mass is 10.3. The first-order valence-electron chi connectivity index (χ1n) is 3.71. The Morgan fingerprint density at radius 3 is 2.73 bits per heavy atom. The summed E-state index contributed by atoms with van der Waals surface area (Å²) in [7, 11) is 0. The Bertz CT molecular complexity index is 109. The largest absolute Gasteiger partial charge is 0.266 e. The molecule has 0 heterocycles. The van der Waals surface area contributed by atoms with Gasteiger partial charge in [0.1, 0.15) is 0 Å². The second-order valence-corrected chi connectivity index (χ2v) is 3.16. The molecule has 0 fully saturated rings. The molecule has 0 nitrogen and oxygen atoms in total. The van der Waals surface area contributed by atoms with Gasteiger partial charge in [0.15, 0.2) is 0 Å². The van der Waals surface area contributed by atoms with Crippen LogP contribution in [0.25, 0.3) is 0 Å². The van der Waals surface area contributed by atoms with Crippen LogP contribution in [-0.4, -0.2) is 5.75 Å². The van der Waals surface area contributed by atoms with Gasteiger partial charge in [0.25, 0.3) is 6.08 Å². The normalized spacial score (nSPS) is 9.73. The average Bonchev–Trinajstić information content (AvgIpc) is 1.96. The molecule has 65 valence electrons. The number of rotatable bonds is 6. The Kier molecular flexibility index (Phi) is 8.01. The molecule has 0 spiro atoms. The van der Waals surface area contributed by atoms with Crippen molar-refractivity contribution in [3.8, 4) is 0 Å². The van der Waals surface area contributed by atoms with Crippen LogP contribution in [0.15, 0.2) is 12.2 Å². The molecule has 0 rings (SSSR count). The minimum atomic E-state index is -1.56. The average molecular weight is 179 g/mol. The molecular weight excluding hydrogens is 166 g/mol. The molecule has 0 aromatic carbocycles. The zero-order chi connectivity index (χ0) is 8.53. The van der Waals surface area contributed by atoms with Crippen molar-refractivity contribution in [2.45, 2.75) is 26.2 Å². The third-order valence-corrected chi connectivity index (χ3v) is 2.14. The summed E-state index contributed by atoms with van der Waals surface area (Å²) in [4.78, 5) is 0. The van der Waals surface area contributed by atoms with E-state index in [1.54, 1.807) is 11.8 Å². The molecule has 0 saturated heterocycles. The van der Waals surface area contributed by atoms with Crippen LogP contribution < -0.4 is 0 Å². The summed E-state index contributed by atoms with van der Waals surface area (Å²) >= 11 is 1.71. The minimum Gasteiger partial charge on any atom is -0.174 e. The van der Waals surface area contributed by atoms with Gasteiger partial charge in [0.05, 0.1) is 0 Å². The quantitative estimate of drug-likeness (QED) is 0.558.